The highest BCUT2D eigenvalue weighted by molar-refractivity contribution is 6.02. The van der Waals surface area contributed by atoms with Crippen molar-refractivity contribution in [1.82, 2.24) is 5.32 Å². The maximum Gasteiger partial charge on any atom is 0.246 e. The first-order valence-electron chi connectivity index (χ1n) is 8.44. The van der Waals surface area contributed by atoms with Crippen molar-refractivity contribution in [3.8, 4) is 0 Å². The second kappa shape index (κ2) is 8.08. The summed E-state index contributed by atoms with van der Waals surface area (Å²) < 4.78 is 6.07. The first-order chi connectivity index (χ1) is 11.8. The van der Waals surface area contributed by atoms with Gasteiger partial charge in [0.25, 0.3) is 0 Å². The molecule has 1 aliphatic rings. The van der Waals surface area contributed by atoms with Crippen LogP contribution >= 0.6 is 0 Å². The van der Waals surface area contributed by atoms with Gasteiger partial charge in [-0.25, -0.2) is 0 Å². The molecule has 0 atom stereocenters. The number of amides is 1. The molecule has 0 aromatic heterocycles. The van der Waals surface area contributed by atoms with Crippen LogP contribution in [0.25, 0.3) is 6.08 Å². The van der Waals surface area contributed by atoms with Gasteiger partial charge in [-0.2, -0.15) is 0 Å². The number of allylic oxidation sites excluding steroid dienone is 2. The van der Waals surface area contributed by atoms with E-state index in [1.807, 2.05) is 44.2 Å². The number of benzene rings is 1. The van der Waals surface area contributed by atoms with E-state index < -0.39 is 5.72 Å². The largest absolute Gasteiger partial charge is 0.348 e. The molecule has 0 spiro atoms. The van der Waals surface area contributed by atoms with Crippen LogP contribution in [0.4, 0.5) is 0 Å². The lowest BCUT2D eigenvalue weighted by atomic mass is 9.89. The fraction of sp³-hybridized carbons (Fsp3) is 0.333. The lowest BCUT2D eigenvalue weighted by molar-refractivity contribution is -0.125. The summed E-state index contributed by atoms with van der Waals surface area (Å²) >= 11 is 0. The topological polar surface area (TPSA) is 55.4 Å². The molecule has 1 aromatic carbocycles. The Labute approximate surface area is 149 Å². The number of carbonyl (C=O) groups is 2. The summed E-state index contributed by atoms with van der Waals surface area (Å²) in [5, 5.41) is 2.94. The highest BCUT2D eigenvalue weighted by Gasteiger charge is 2.39. The van der Waals surface area contributed by atoms with Gasteiger partial charge in [0.15, 0.2) is 11.5 Å². The summed E-state index contributed by atoms with van der Waals surface area (Å²) in [4.78, 5) is 24.3. The Bertz CT molecular complexity index is 705. The molecule has 132 valence electrons. The first kappa shape index (κ1) is 18.9. The van der Waals surface area contributed by atoms with Gasteiger partial charge in [-0.1, -0.05) is 44.2 Å². The molecule has 4 nitrogen and oxygen atoms in total. The highest BCUT2D eigenvalue weighted by Crippen LogP contribution is 2.31. The first-order valence-corrected chi connectivity index (χ1v) is 8.44. The standard InChI is InChI=1S/C21H25NO3/c1-15(2)14-25-21(16(3)12-19(23)13-17(21)4)22-20(24)11-10-18-8-6-5-7-9-18/h5-13,15H,14H2,1-4H3,(H,22,24)/b11-10+. The van der Waals surface area contributed by atoms with Gasteiger partial charge >= 0.3 is 0 Å². The molecule has 0 saturated carbocycles. The molecule has 1 amide bonds. The van der Waals surface area contributed by atoms with Crippen molar-refractivity contribution in [3.05, 3.63) is 65.3 Å². The number of rotatable bonds is 6. The summed E-state index contributed by atoms with van der Waals surface area (Å²) in [7, 11) is 0. The number of hydrogen-bond acceptors (Lipinski definition) is 3. The molecule has 2 rings (SSSR count). The predicted octanol–water partition coefficient (Wildman–Crippen LogP) is 3.66. The van der Waals surface area contributed by atoms with E-state index in [1.54, 1.807) is 19.9 Å². The second-order valence-corrected chi connectivity index (χ2v) is 6.68. The lowest BCUT2D eigenvalue weighted by Gasteiger charge is -2.38. The van der Waals surface area contributed by atoms with Gasteiger partial charge in [0.1, 0.15) is 0 Å². The van der Waals surface area contributed by atoms with Crippen molar-refractivity contribution in [1.29, 1.82) is 0 Å². The van der Waals surface area contributed by atoms with Crippen LogP contribution in [0, 0.1) is 5.92 Å². The number of carbonyl (C=O) groups excluding carboxylic acids is 2. The van der Waals surface area contributed by atoms with Crippen LogP contribution in [0.3, 0.4) is 0 Å². The summed E-state index contributed by atoms with van der Waals surface area (Å²) in [6, 6.07) is 9.59. The van der Waals surface area contributed by atoms with Crippen molar-refractivity contribution in [2.75, 3.05) is 6.61 Å². The molecule has 0 saturated heterocycles. The quantitative estimate of drug-likeness (QED) is 0.636. The molecule has 0 heterocycles. The molecule has 1 N–H and O–H groups in total. The Balaban J connectivity index is 2.23. The fourth-order valence-corrected chi connectivity index (χ4v) is 2.69. The van der Waals surface area contributed by atoms with Crippen LogP contribution in [-0.4, -0.2) is 24.0 Å². The summed E-state index contributed by atoms with van der Waals surface area (Å²) in [5.41, 5.74) is 1.23. The normalized spacial score (nSPS) is 16.8. The molecule has 4 heteroatoms. The summed E-state index contributed by atoms with van der Waals surface area (Å²) in [6.45, 7) is 8.15. The van der Waals surface area contributed by atoms with Gasteiger partial charge in [0, 0.05) is 6.08 Å². The molecule has 0 aliphatic heterocycles. The van der Waals surface area contributed by atoms with E-state index >= 15 is 0 Å². The maximum atomic E-state index is 12.5. The van der Waals surface area contributed by atoms with Crippen LogP contribution in [-0.2, 0) is 14.3 Å². The van der Waals surface area contributed by atoms with Crippen LogP contribution in [0.2, 0.25) is 0 Å². The smallest absolute Gasteiger partial charge is 0.246 e. The molecule has 0 radical (unpaired) electrons. The van der Waals surface area contributed by atoms with Crippen LogP contribution in [0.15, 0.2) is 59.7 Å². The zero-order chi connectivity index (χ0) is 18.4. The molecular formula is C21H25NO3. The van der Waals surface area contributed by atoms with Crippen molar-refractivity contribution >= 4 is 17.8 Å². The number of ether oxygens (including phenoxy) is 1. The predicted molar refractivity (Wildman–Crippen MR) is 99.7 cm³/mol. The van der Waals surface area contributed by atoms with E-state index in [0.717, 1.165) is 5.56 Å². The fourth-order valence-electron chi connectivity index (χ4n) is 2.69. The van der Waals surface area contributed by atoms with E-state index in [2.05, 4.69) is 5.32 Å². The molecular weight excluding hydrogens is 314 g/mol. The van der Waals surface area contributed by atoms with Gasteiger partial charge in [0.05, 0.1) is 6.61 Å². The minimum absolute atomic E-state index is 0.0900. The Kier molecular flexibility index (Phi) is 6.10. The Morgan fingerprint density at radius 3 is 2.32 bits per heavy atom. The number of ketones is 1. The van der Waals surface area contributed by atoms with Crippen LogP contribution in [0.1, 0.15) is 33.3 Å². The third kappa shape index (κ3) is 4.77. The minimum Gasteiger partial charge on any atom is -0.348 e. The Morgan fingerprint density at radius 1 is 1.16 bits per heavy atom. The van der Waals surface area contributed by atoms with E-state index in [9.17, 15) is 9.59 Å². The third-order valence-corrected chi connectivity index (χ3v) is 3.99. The molecule has 0 fully saturated rings. The van der Waals surface area contributed by atoms with E-state index in [1.165, 1.54) is 18.2 Å². The molecule has 1 aliphatic carbocycles. The van der Waals surface area contributed by atoms with E-state index in [-0.39, 0.29) is 11.7 Å². The van der Waals surface area contributed by atoms with Crippen molar-refractivity contribution < 1.29 is 14.3 Å². The SMILES string of the molecule is CC1=CC(=O)C=C(C)C1(NC(=O)/C=C/c1ccccc1)OCC(C)C. The maximum absolute atomic E-state index is 12.5. The van der Waals surface area contributed by atoms with Crippen molar-refractivity contribution in [3.63, 3.8) is 0 Å². The molecule has 0 unspecified atom stereocenters. The zero-order valence-corrected chi connectivity index (χ0v) is 15.2. The van der Waals surface area contributed by atoms with Crippen molar-refractivity contribution in [2.45, 2.75) is 33.4 Å². The molecule has 0 bridgehead atoms. The Morgan fingerprint density at radius 2 is 1.76 bits per heavy atom. The monoisotopic (exact) mass is 339 g/mol. The van der Waals surface area contributed by atoms with Gasteiger partial charge < -0.3 is 10.1 Å². The van der Waals surface area contributed by atoms with E-state index in [4.69, 9.17) is 4.74 Å². The Hall–Kier alpha value is -2.46. The number of nitrogens with one attached hydrogen (secondary N) is 1. The average molecular weight is 339 g/mol. The average Bonchev–Trinajstić information content (AvgIpc) is 2.56. The van der Waals surface area contributed by atoms with Gasteiger partial charge in [-0.3, -0.25) is 9.59 Å². The zero-order valence-electron chi connectivity index (χ0n) is 15.2. The van der Waals surface area contributed by atoms with Gasteiger partial charge in [-0.15, -0.1) is 0 Å². The summed E-state index contributed by atoms with van der Waals surface area (Å²) in [6.07, 6.45) is 6.24. The van der Waals surface area contributed by atoms with E-state index in [0.29, 0.717) is 23.7 Å². The van der Waals surface area contributed by atoms with Crippen molar-refractivity contribution in [2.24, 2.45) is 5.92 Å². The summed E-state index contributed by atoms with van der Waals surface area (Å²) in [5.74, 6) is -0.0674. The van der Waals surface area contributed by atoms with Gasteiger partial charge in [-0.05, 0) is 54.7 Å². The van der Waals surface area contributed by atoms with Crippen LogP contribution < -0.4 is 5.32 Å². The third-order valence-electron chi connectivity index (χ3n) is 3.99. The van der Waals surface area contributed by atoms with Crippen LogP contribution in [0.5, 0.6) is 0 Å². The second-order valence-electron chi connectivity index (χ2n) is 6.68. The molecule has 25 heavy (non-hydrogen) atoms. The number of hydrogen-bond donors (Lipinski definition) is 1. The molecule has 1 aromatic rings. The van der Waals surface area contributed by atoms with Gasteiger partial charge in [0.2, 0.25) is 5.91 Å². The lowest BCUT2D eigenvalue weighted by Crippen LogP contribution is -2.54. The highest BCUT2D eigenvalue weighted by atomic mass is 16.5. The minimum atomic E-state index is -1.07.